The summed E-state index contributed by atoms with van der Waals surface area (Å²) >= 11 is 5.60. The number of alkyl halides is 1. The molecule has 0 aromatic carbocycles. The zero-order valence-corrected chi connectivity index (χ0v) is 26.4. The minimum Gasteiger partial charge on any atom is -0.351 e. The Morgan fingerprint density at radius 3 is 1.24 bits per heavy atom. The molecule has 0 spiro atoms. The maximum absolute atomic E-state index is 13.1. The SMILES string of the molecule is CCCNC(=O)c1cc(NC(=O)c2cc(NC(=O)c3cc(NC(=O)c4cc(NC(=O)CCCl)cn4C)cn3C)cn2C)cn1C. The van der Waals surface area contributed by atoms with Crippen LogP contribution >= 0.6 is 11.6 Å². The molecule has 0 radical (unpaired) electrons. The lowest BCUT2D eigenvalue weighted by Crippen LogP contribution is -2.25. The van der Waals surface area contributed by atoms with E-state index in [4.69, 9.17) is 11.6 Å². The van der Waals surface area contributed by atoms with Gasteiger partial charge in [0, 0.05) is 71.8 Å². The third-order valence-corrected chi connectivity index (χ3v) is 7.05. The highest BCUT2D eigenvalue weighted by Crippen LogP contribution is 2.21. The van der Waals surface area contributed by atoms with Gasteiger partial charge in [-0.05, 0) is 30.7 Å². The van der Waals surface area contributed by atoms with Crippen LogP contribution in [0.2, 0.25) is 0 Å². The van der Waals surface area contributed by atoms with Gasteiger partial charge in [-0.2, -0.15) is 0 Å². The zero-order chi connectivity index (χ0) is 32.8. The smallest absolute Gasteiger partial charge is 0.272 e. The van der Waals surface area contributed by atoms with Crippen molar-refractivity contribution >= 4 is 63.9 Å². The van der Waals surface area contributed by atoms with Gasteiger partial charge >= 0.3 is 0 Å². The second-order valence-corrected chi connectivity index (χ2v) is 10.9. The molecular weight excluding hydrogens is 602 g/mol. The van der Waals surface area contributed by atoms with Crippen molar-refractivity contribution in [1.29, 1.82) is 0 Å². The Balaban J connectivity index is 1.39. The van der Waals surface area contributed by atoms with E-state index in [0.29, 0.717) is 40.7 Å². The molecule has 5 N–H and O–H groups in total. The molecule has 0 unspecified atom stereocenters. The van der Waals surface area contributed by atoms with Crippen LogP contribution in [-0.4, -0.2) is 60.2 Å². The summed E-state index contributed by atoms with van der Waals surface area (Å²) in [6, 6.07) is 6.20. The van der Waals surface area contributed by atoms with Gasteiger partial charge in [0.25, 0.3) is 23.6 Å². The number of aryl methyl sites for hydroxylation is 4. The van der Waals surface area contributed by atoms with Crippen LogP contribution in [0.4, 0.5) is 22.7 Å². The van der Waals surface area contributed by atoms with E-state index < -0.39 is 17.7 Å². The van der Waals surface area contributed by atoms with Crippen LogP contribution in [0, 0.1) is 0 Å². The number of carbonyl (C=O) groups is 5. The first-order valence-corrected chi connectivity index (χ1v) is 14.7. The van der Waals surface area contributed by atoms with Gasteiger partial charge in [0.1, 0.15) is 22.8 Å². The summed E-state index contributed by atoms with van der Waals surface area (Å²) < 4.78 is 6.35. The minimum absolute atomic E-state index is 0.152. The number of carbonyl (C=O) groups excluding carboxylic acids is 5. The van der Waals surface area contributed by atoms with Crippen molar-refractivity contribution in [2.75, 3.05) is 33.7 Å². The summed E-state index contributed by atoms with van der Waals surface area (Å²) in [5.41, 5.74) is 2.96. The molecule has 0 saturated heterocycles. The van der Waals surface area contributed by atoms with Crippen molar-refractivity contribution in [1.82, 2.24) is 23.6 Å². The summed E-state index contributed by atoms with van der Waals surface area (Å²) in [4.78, 5) is 63.3. The van der Waals surface area contributed by atoms with Crippen LogP contribution < -0.4 is 26.6 Å². The van der Waals surface area contributed by atoms with Crippen molar-refractivity contribution in [3.05, 3.63) is 71.8 Å². The standard InChI is InChI=1S/C30H36ClN9O5/c1-6-9-32-27(42)22-11-19(15-37(22)2)34-29(44)24-13-21(17-39(24)4)36-30(45)25-12-20(16-40(25)5)35-28(43)23-10-18(14-38(23)3)33-26(41)7-8-31/h10-17H,6-9H2,1-5H3,(H,32,42)(H,33,41)(H,34,44)(H,35,43)(H,36,45). The number of aromatic nitrogens is 4. The van der Waals surface area contributed by atoms with E-state index in [1.165, 1.54) is 12.1 Å². The van der Waals surface area contributed by atoms with E-state index in [1.807, 2.05) is 6.92 Å². The highest BCUT2D eigenvalue weighted by molar-refractivity contribution is 6.19. The average molecular weight is 638 g/mol. The largest absolute Gasteiger partial charge is 0.351 e. The molecule has 0 bridgehead atoms. The van der Waals surface area contributed by atoms with E-state index in [-0.39, 0.29) is 35.5 Å². The van der Waals surface area contributed by atoms with E-state index in [1.54, 1.807) is 83.4 Å². The predicted octanol–water partition coefficient (Wildman–Crippen LogP) is 3.50. The molecule has 0 aliphatic heterocycles. The van der Waals surface area contributed by atoms with Gasteiger partial charge in [0.15, 0.2) is 0 Å². The Morgan fingerprint density at radius 2 is 0.911 bits per heavy atom. The highest BCUT2D eigenvalue weighted by atomic mass is 35.5. The number of hydrogen-bond acceptors (Lipinski definition) is 5. The highest BCUT2D eigenvalue weighted by Gasteiger charge is 2.20. The summed E-state index contributed by atoms with van der Waals surface area (Å²) in [5.74, 6) is -1.61. The molecule has 45 heavy (non-hydrogen) atoms. The first-order chi connectivity index (χ1) is 21.4. The van der Waals surface area contributed by atoms with Gasteiger partial charge in [-0.3, -0.25) is 24.0 Å². The van der Waals surface area contributed by atoms with E-state index in [9.17, 15) is 24.0 Å². The number of amides is 5. The Hall–Kier alpha value is -5.24. The summed E-state index contributed by atoms with van der Waals surface area (Å²) in [7, 11) is 6.73. The maximum Gasteiger partial charge on any atom is 0.272 e. The molecule has 0 saturated carbocycles. The molecule has 4 heterocycles. The van der Waals surface area contributed by atoms with Gasteiger partial charge < -0.3 is 44.9 Å². The van der Waals surface area contributed by atoms with Crippen molar-refractivity contribution in [2.45, 2.75) is 19.8 Å². The third-order valence-electron chi connectivity index (χ3n) is 6.86. The Morgan fingerprint density at radius 1 is 0.578 bits per heavy atom. The zero-order valence-electron chi connectivity index (χ0n) is 25.7. The lowest BCUT2D eigenvalue weighted by atomic mass is 10.3. The van der Waals surface area contributed by atoms with Crippen molar-refractivity contribution < 1.29 is 24.0 Å². The summed E-state index contributed by atoms with van der Waals surface area (Å²) in [6.45, 7) is 2.51. The van der Waals surface area contributed by atoms with E-state index in [0.717, 1.165) is 6.42 Å². The molecule has 4 aromatic rings. The lowest BCUT2D eigenvalue weighted by molar-refractivity contribution is -0.115. The fourth-order valence-electron chi connectivity index (χ4n) is 4.66. The Bertz CT molecular complexity index is 1760. The lowest BCUT2D eigenvalue weighted by Gasteiger charge is -2.03. The third kappa shape index (κ3) is 7.84. The quantitative estimate of drug-likeness (QED) is 0.150. The summed E-state index contributed by atoms with van der Waals surface area (Å²) in [6.07, 6.45) is 7.42. The fourth-order valence-corrected chi connectivity index (χ4v) is 4.83. The topological polar surface area (TPSA) is 165 Å². The number of anilines is 4. The molecule has 238 valence electrons. The normalized spacial score (nSPS) is 10.8. The van der Waals surface area contributed by atoms with Crippen LogP contribution in [-0.2, 0) is 33.0 Å². The van der Waals surface area contributed by atoms with Gasteiger partial charge in [-0.25, -0.2) is 0 Å². The molecule has 5 amide bonds. The van der Waals surface area contributed by atoms with Crippen LogP contribution in [0.1, 0.15) is 61.7 Å². The molecule has 0 atom stereocenters. The molecule has 14 nitrogen and oxygen atoms in total. The van der Waals surface area contributed by atoms with E-state index >= 15 is 0 Å². The molecular formula is C30H36ClN9O5. The fraction of sp³-hybridized carbons (Fsp3) is 0.300. The molecule has 4 aromatic heterocycles. The maximum atomic E-state index is 13.1. The van der Waals surface area contributed by atoms with Crippen molar-refractivity contribution in [3.63, 3.8) is 0 Å². The second kappa shape index (κ2) is 14.0. The first-order valence-electron chi connectivity index (χ1n) is 14.1. The molecule has 0 aliphatic rings. The number of halogens is 1. The van der Waals surface area contributed by atoms with Crippen LogP contribution in [0.3, 0.4) is 0 Å². The molecule has 0 fully saturated rings. The van der Waals surface area contributed by atoms with Crippen LogP contribution in [0.25, 0.3) is 0 Å². The van der Waals surface area contributed by atoms with Crippen molar-refractivity contribution in [2.24, 2.45) is 28.2 Å². The number of nitrogens with one attached hydrogen (secondary N) is 5. The average Bonchev–Trinajstić information content (AvgIpc) is 3.73. The summed E-state index contributed by atoms with van der Waals surface area (Å²) in [5, 5.41) is 13.8. The van der Waals surface area contributed by atoms with Gasteiger partial charge in [-0.1, -0.05) is 6.92 Å². The van der Waals surface area contributed by atoms with E-state index in [2.05, 4.69) is 26.6 Å². The van der Waals surface area contributed by atoms with Crippen LogP contribution in [0.15, 0.2) is 49.1 Å². The second-order valence-electron chi connectivity index (χ2n) is 10.5. The minimum atomic E-state index is -0.454. The van der Waals surface area contributed by atoms with Gasteiger partial charge in [-0.15, -0.1) is 11.6 Å². The number of hydrogen-bond donors (Lipinski definition) is 5. The molecule has 0 aliphatic carbocycles. The number of nitrogens with zero attached hydrogens (tertiary/aromatic N) is 4. The monoisotopic (exact) mass is 637 g/mol. The molecule has 4 rings (SSSR count). The Kier molecular flexibility index (Phi) is 10.2. The first kappa shape index (κ1) is 32.7. The predicted molar refractivity (Wildman–Crippen MR) is 172 cm³/mol. The number of rotatable bonds is 12. The van der Waals surface area contributed by atoms with Crippen LogP contribution in [0.5, 0.6) is 0 Å². The van der Waals surface area contributed by atoms with Gasteiger partial charge in [0.2, 0.25) is 5.91 Å². The van der Waals surface area contributed by atoms with Gasteiger partial charge in [0.05, 0.1) is 22.7 Å². The van der Waals surface area contributed by atoms with Crippen molar-refractivity contribution in [3.8, 4) is 0 Å². The Labute approximate surface area is 264 Å². The molecule has 15 heteroatoms.